The van der Waals surface area contributed by atoms with Gasteiger partial charge in [0.15, 0.2) is 11.5 Å². The van der Waals surface area contributed by atoms with Crippen LogP contribution in [0.25, 0.3) is 11.3 Å². The van der Waals surface area contributed by atoms with Gasteiger partial charge in [-0.25, -0.2) is 4.98 Å². The van der Waals surface area contributed by atoms with Crippen molar-refractivity contribution in [3.05, 3.63) is 53.9 Å². The molecular formula is C26H35N5O2. The molecule has 1 aromatic heterocycles. The SMILES string of the molecule is COc1ccc(CN2CCn3c(nc(-c4ccc(N(C)C)cc4)c3NC(C)(C)C)C2)cc1O. The molecule has 0 unspecified atom stereocenters. The highest BCUT2D eigenvalue weighted by Gasteiger charge is 2.26. The van der Waals surface area contributed by atoms with Gasteiger partial charge in [-0.05, 0) is 50.6 Å². The van der Waals surface area contributed by atoms with Crippen LogP contribution in [-0.4, -0.2) is 52.8 Å². The molecule has 33 heavy (non-hydrogen) atoms. The molecule has 0 bridgehead atoms. The maximum Gasteiger partial charge on any atom is 0.160 e. The van der Waals surface area contributed by atoms with Crippen molar-refractivity contribution in [1.29, 1.82) is 0 Å². The molecule has 1 aliphatic rings. The van der Waals surface area contributed by atoms with Gasteiger partial charge in [0.25, 0.3) is 0 Å². The van der Waals surface area contributed by atoms with E-state index in [-0.39, 0.29) is 11.3 Å². The fourth-order valence-corrected chi connectivity index (χ4v) is 4.21. The van der Waals surface area contributed by atoms with Gasteiger partial charge in [-0.15, -0.1) is 0 Å². The Labute approximate surface area is 196 Å². The minimum atomic E-state index is -0.0765. The molecule has 0 saturated heterocycles. The summed E-state index contributed by atoms with van der Waals surface area (Å²) in [7, 11) is 5.66. The second-order valence-corrected chi connectivity index (χ2v) is 9.91. The van der Waals surface area contributed by atoms with Crippen molar-refractivity contribution in [1.82, 2.24) is 14.5 Å². The lowest BCUT2D eigenvalue weighted by Gasteiger charge is -2.30. The Morgan fingerprint density at radius 3 is 2.42 bits per heavy atom. The van der Waals surface area contributed by atoms with Gasteiger partial charge in [0.1, 0.15) is 17.3 Å². The number of phenolic OH excluding ortho intramolecular Hbond substituents is 1. The number of fused-ring (bicyclic) bond motifs is 1. The quantitative estimate of drug-likeness (QED) is 0.575. The number of phenols is 1. The van der Waals surface area contributed by atoms with Gasteiger partial charge in [0.05, 0.1) is 13.7 Å². The number of hydrogen-bond acceptors (Lipinski definition) is 6. The molecule has 0 amide bonds. The van der Waals surface area contributed by atoms with Gasteiger partial charge in [-0.3, -0.25) is 4.90 Å². The molecule has 3 aromatic rings. The summed E-state index contributed by atoms with van der Waals surface area (Å²) in [4.78, 5) is 9.56. The summed E-state index contributed by atoms with van der Waals surface area (Å²) in [5, 5.41) is 13.8. The monoisotopic (exact) mass is 449 g/mol. The molecule has 176 valence electrons. The van der Waals surface area contributed by atoms with Gasteiger partial charge >= 0.3 is 0 Å². The second-order valence-electron chi connectivity index (χ2n) is 9.91. The highest BCUT2D eigenvalue weighted by atomic mass is 16.5. The third-order valence-corrected chi connectivity index (χ3v) is 5.85. The van der Waals surface area contributed by atoms with E-state index < -0.39 is 0 Å². The van der Waals surface area contributed by atoms with Crippen molar-refractivity contribution in [2.24, 2.45) is 0 Å². The molecule has 0 radical (unpaired) electrons. The Hall–Kier alpha value is -3.19. The molecule has 0 spiro atoms. The largest absolute Gasteiger partial charge is 0.504 e. The Bertz CT molecular complexity index is 1110. The van der Waals surface area contributed by atoms with Crippen LogP contribution in [-0.2, 0) is 19.6 Å². The van der Waals surface area contributed by atoms with Crippen LogP contribution in [0.3, 0.4) is 0 Å². The Morgan fingerprint density at radius 1 is 1.09 bits per heavy atom. The third kappa shape index (κ3) is 5.09. The standard InChI is InChI=1S/C26H35N5O2/c1-26(2,3)28-25-24(19-8-10-20(11-9-19)29(4)5)27-23-17-30(13-14-31(23)25)16-18-7-12-22(33-6)21(32)15-18/h7-12,15,28,32H,13-14,16-17H2,1-6H3. The summed E-state index contributed by atoms with van der Waals surface area (Å²) in [5.41, 5.74) is 4.25. The van der Waals surface area contributed by atoms with E-state index in [1.165, 1.54) is 5.69 Å². The minimum absolute atomic E-state index is 0.0765. The number of ether oxygens (including phenoxy) is 1. The van der Waals surface area contributed by atoms with E-state index in [9.17, 15) is 5.11 Å². The molecule has 2 aromatic carbocycles. The lowest BCUT2D eigenvalue weighted by molar-refractivity contribution is 0.209. The number of aromatic nitrogens is 2. The number of imidazole rings is 1. The predicted molar refractivity (Wildman–Crippen MR) is 134 cm³/mol. The summed E-state index contributed by atoms with van der Waals surface area (Å²) < 4.78 is 7.49. The summed E-state index contributed by atoms with van der Waals surface area (Å²) in [6, 6.07) is 14.2. The van der Waals surface area contributed by atoms with Gasteiger partial charge in [-0.2, -0.15) is 0 Å². The fourth-order valence-electron chi connectivity index (χ4n) is 4.21. The van der Waals surface area contributed by atoms with Crippen molar-refractivity contribution in [2.75, 3.05) is 38.0 Å². The van der Waals surface area contributed by atoms with E-state index in [1.54, 1.807) is 13.2 Å². The first-order valence-corrected chi connectivity index (χ1v) is 11.4. The highest BCUT2D eigenvalue weighted by Crippen LogP contribution is 2.34. The predicted octanol–water partition coefficient (Wildman–Crippen LogP) is 4.56. The lowest BCUT2D eigenvalue weighted by Crippen LogP contribution is -2.35. The highest BCUT2D eigenvalue weighted by molar-refractivity contribution is 5.74. The molecule has 7 heteroatoms. The topological polar surface area (TPSA) is 65.8 Å². The molecule has 1 aliphatic heterocycles. The fraction of sp³-hybridized carbons (Fsp3) is 0.423. The number of rotatable bonds is 6. The van der Waals surface area contributed by atoms with Gasteiger partial charge in [0.2, 0.25) is 0 Å². The zero-order chi connectivity index (χ0) is 23.8. The maximum absolute atomic E-state index is 10.1. The van der Waals surface area contributed by atoms with Crippen LogP contribution >= 0.6 is 0 Å². The van der Waals surface area contributed by atoms with Gasteiger partial charge in [0, 0.05) is 50.5 Å². The van der Waals surface area contributed by atoms with E-state index in [2.05, 4.69) is 64.7 Å². The van der Waals surface area contributed by atoms with Crippen LogP contribution < -0.4 is 15.0 Å². The molecule has 7 nitrogen and oxygen atoms in total. The molecule has 2 N–H and O–H groups in total. The number of aromatic hydroxyl groups is 1. The molecule has 0 fully saturated rings. The summed E-state index contributed by atoms with van der Waals surface area (Å²) in [5.74, 6) is 2.80. The molecule has 0 saturated carbocycles. The molecule has 0 atom stereocenters. The van der Waals surface area contributed by atoms with Gasteiger partial charge < -0.3 is 24.6 Å². The first-order chi connectivity index (χ1) is 15.6. The van der Waals surface area contributed by atoms with E-state index in [0.29, 0.717) is 5.75 Å². The number of anilines is 2. The van der Waals surface area contributed by atoms with Crippen molar-refractivity contribution < 1.29 is 9.84 Å². The van der Waals surface area contributed by atoms with Crippen LogP contribution in [0.2, 0.25) is 0 Å². The summed E-state index contributed by atoms with van der Waals surface area (Å²) in [6.45, 7) is 9.80. The number of methoxy groups -OCH3 is 1. The minimum Gasteiger partial charge on any atom is -0.504 e. The molecular weight excluding hydrogens is 414 g/mol. The van der Waals surface area contributed by atoms with Crippen molar-refractivity contribution in [2.45, 2.75) is 45.9 Å². The van der Waals surface area contributed by atoms with Crippen LogP contribution in [0.15, 0.2) is 42.5 Å². The first kappa shape index (κ1) is 23.0. The first-order valence-electron chi connectivity index (χ1n) is 11.4. The van der Waals surface area contributed by atoms with E-state index in [4.69, 9.17) is 9.72 Å². The van der Waals surface area contributed by atoms with E-state index in [1.807, 2.05) is 26.2 Å². The number of nitrogens with zero attached hydrogens (tertiary/aromatic N) is 4. The van der Waals surface area contributed by atoms with Crippen LogP contribution in [0.5, 0.6) is 11.5 Å². The zero-order valence-electron chi connectivity index (χ0n) is 20.5. The zero-order valence-corrected chi connectivity index (χ0v) is 20.5. The Balaban J connectivity index is 1.62. The number of benzene rings is 2. The average molecular weight is 450 g/mol. The average Bonchev–Trinajstić information content (AvgIpc) is 3.10. The van der Waals surface area contributed by atoms with Crippen LogP contribution in [0.4, 0.5) is 11.5 Å². The maximum atomic E-state index is 10.1. The molecule has 2 heterocycles. The number of hydrogen-bond donors (Lipinski definition) is 2. The summed E-state index contributed by atoms with van der Waals surface area (Å²) in [6.07, 6.45) is 0. The smallest absolute Gasteiger partial charge is 0.160 e. The van der Waals surface area contributed by atoms with E-state index >= 15 is 0 Å². The summed E-state index contributed by atoms with van der Waals surface area (Å²) >= 11 is 0. The number of nitrogens with one attached hydrogen (secondary N) is 1. The van der Waals surface area contributed by atoms with Crippen LogP contribution in [0.1, 0.15) is 32.2 Å². The van der Waals surface area contributed by atoms with Crippen molar-refractivity contribution in [3.8, 4) is 22.8 Å². The second kappa shape index (κ2) is 8.98. The van der Waals surface area contributed by atoms with Crippen LogP contribution in [0, 0.1) is 0 Å². The Kier molecular flexibility index (Phi) is 6.26. The van der Waals surface area contributed by atoms with Gasteiger partial charge in [-0.1, -0.05) is 18.2 Å². The lowest BCUT2D eigenvalue weighted by atomic mass is 10.1. The third-order valence-electron chi connectivity index (χ3n) is 5.85. The van der Waals surface area contributed by atoms with Crippen molar-refractivity contribution >= 4 is 11.5 Å². The van der Waals surface area contributed by atoms with E-state index in [0.717, 1.165) is 54.6 Å². The normalized spacial score (nSPS) is 14.1. The molecule has 0 aliphatic carbocycles. The Morgan fingerprint density at radius 2 is 1.82 bits per heavy atom. The van der Waals surface area contributed by atoms with Crippen molar-refractivity contribution in [3.63, 3.8) is 0 Å². The molecule has 4 rings (SSSR count).